The molecule has 0 aliphatic heterocycles. The third-order valence-electron chi connectivity index (χ3n) is 2.65. The third-order valence-corrected chi connectivity index (χ3v) is 2.65. The third kappa shape index (κ3) is 2.78. The van der Waals surface area contributed by atoms with Crippen LogP contribution in [-0.4, -0.2) is 32.2 Å². The quantitative estimate of drug-likeness (QED) is 0.623. The molecule has 76 valence electrons. The molecule has 0 spiro atoms. The molecule has 1 saturated carbocycles. The Bertz CT molecular complexity index is 158. The summed E-state index contributed by atoms with van der Waals surface area (Å²) in [5.41, 5.74) is 0. The maximum atomic E-state index is 10.6. The lowest BCUT2D eigenvalue weighted by Gasteiger charge is -2.32. The molecule has 1 aliphatic carbocycles. The van der Waals surface area contributed by atoms with E-state index in [0.717, 1.165) is 25.5 Å². The molecule has 0 aromatic carbocycles. The first-order chi connectivity index (χ1) is 6.31. The van der Waals surface area contributed by atoms with Crippen molar-refractivity contribution in [3.05, 3.63) is 0 Å². The van der Waals surface area contributed by atoms with Gasteiger partial charge in [-0.1, -0.05) is 0 Å². The van der Waals surface area contributed by atoms with Gasteiger partial charge in [0.2, 0.25) is 0 Å². The van der Waals surface area contributed by atoms with Crippen LogP contribution < -0.4 is 0 Å². The molecule has 3 heteroatoms. The van der Waals surface area contributed by atoms with Gasteiger partial charge in [-0.05, 0) is 26.2 Å². The van der Waals surface area contributed by atoms with E-state index in [1.807, 2.05) is 6.92 Å². The monoisotopic (exact) mass is 186 g/mol. The highest BCUT2D eigenvalue weighted by Crippen LogP contribution is 2.27. The second-order valence-corrected chi connectivity index (χ2v) is 3.48. The second-order valence-electron chi connectivity index (χ2n) is 3.48. The van der Waals surface area contributed by atoms with Crippen LogP contribution in [0.15, 0.2) is 0 Å². The van der Waals surface area contributed by atoms with Crippen molar-refractivity contribution < 1.29 is 14.3 Å². The molecule has 0 N–H and O–H groups in total. The molecule has 0 aromatic heterocycles. The van der Waals surface area contributed by atoms with E-state index in [4.69, 9.17) is 9.47 Å². The van der Waals surface area contributed by atoms with E-state index in [9.17, 15) is 4.79 Å². The molecule has 0 heterocycles. The molecule has 0 aromatic rings. The second kappa shape index (κ2) is 5.35. The minimum Gasteiger partial charge on any atom is -0.379 e. The van der Waals surface area contributed by atoms with E-state index in [1.54, 1.807) is 7.11 Å². The molecule has 0 saturated heterocycles. The van der Waals surface area contributed by atoms with E-state index in [1.165, 1.54) is 0 Å². The minimum absolute atomic E-state index is 0.110. The van der Waals surface area contributed by atoms with Gasteiger partial charge in [-0.15, -0.1) is 0 Å². The van der Waals surface area contributed by atoms with E-state index in [0.29, 0.717) is 6.61 Å². The summed E-state index contributed by atoms with van der Waals surface area (Å²) in [5.74, 6) is 0.169. The predicted octanol–water partition coefficient (Wildman–Crippen LogP) is 1.41. The molecule has 0 bridgehead atoms. The fourth-order valence-corrected chi connectivity index (χ4v) is 1.91. The van der Waals surface area contributed by atoms with Crippen molar-refractivity contribution in [2.75, 3.05) is 13.7 Å². The summed E-state index contributed by atoms with van der Waals surface area (Å²) in [4.78, 5) is 10.6. The van der Waals surface area contributed by atoms with Gasteiger partial charge in [0.1, 0.15) is 6.29 Å². The molecule has 3 nitrogen and oxygen atoms in total. The van der Waals surface area contributed by atoms with Crippen LogP contribution in [0.2, 0.25) is 0 Å². The lowest BCUT2D eigenvalue weighted by Crippen LogP contribution is -2.37. The number of hydrogen-bond donors (Lipinski definition) is 0. The lowest BCUT2D eigenvalue weighted by molar-refractivity contribution is -0.119. The highest BCUT2D eigenvalue weighted by atomic mass is 16.5. The number of methoxy groups -OCH3 is 1. The topological polar surface area (TPSA) is 35.5 Å². The molecule has 0 amide bonds. The van der Waals surface area contributed by atoms with Crippen molar-refractivity contribution in [1.82, 2.24) is 0 Å². The van der Waals surface area contributed by atoms with Gasteiger partial charge in [0.15, 0.2) is 0 Å². The zero-order valence-corrected chi connectivity index (χ0v) is 8.36. The fraction of sp³-hybridized carbons (Fsp3) is 0.900. The lowest BCUT2D eigenvalue weighted by atomic mass is 9.86. The van der Waals surface area contributed by atoms with Gasteiger partial charge in [-0.25, -0.2) is 0 Å². The van der Waals surface area contributed by atoms with Crippen LogP contribution in [-0.2, 0) is 14.3 Å². The molecule has 1 aliphatic rings. The average molecular weight is 186 g/mol. The van der Waals surface area contributed by atoms with Gasteiger partial charge in [-0.3, -0.25) is 0 Å². The van der Waals surface area contributed by atoms with Crippen molar-refractivity contribution in [3.8, 4) is 0 Å². The molecule has 13 heavy (non-hydrogen) atoms. The largest absolute Gasteiger partial charge is 0.379 e. The van der Waals surface area contributed by atoms with Crippen LogP contribution in [0, 0.1) is 5.92 Å². The van der Waals surface area contributed by atoms with Crippen molar-refractivity contribution >= 4 is 6.29 Å². The van der Waals surface area contributed by atoms with Crippen molar-refractivity contribution in [2.45, 2.75) is 38.4 Å². The number of rotatable bonds is 4. The van der Waals surface area contributed by atoms with E-state index >= 15 is 0 Å². The zero-order chi connectivity index (χ0) is 9.68. The maximum absolute atomic E-state index is 10.6. The Balaban J connectivity index is 2.46. The summed E-state index contributed by atoms with van der Waals surface area (Å²) in [5, 5.41) is 0. The average Bonchev–Trinajstić information content (AvgIpc) is 2.18. The first kappa shape index (κ1) is 10.7. The number of ether oxygens (including phenoxy) is 2. The molecule has 1 fully saturated rings. The first-order valence-electron chi connectivity index (χ1n) is 4.91. The summed E-state index contributed by atoms with van der Waals surface area (Å²) in [7, 11) is 1.71. The van der Waals surface area contributed by atoms with Gasteiger partial charge < -0.3 is 14.3 Å². The Kier molecular flexibility index (Phi) is 4.39. The highest BCUT2D eigenvalue weighted by Gasteiger charge is 2.30. The number of carbonyl (C=O) groups excluding carboxylic acids is 1. The maximum Gasteiger partial charge on any atom is 0.123 e. The van der Waals surface area contributed by atoms with Gasteiger partial charge in [0.05, 0.1) is 12.2 Å². The van der Waals surface area contributed by atoms with E-state index in [2.05, 4.69) is 0 Å². The van der Waals surface area contributed by atoms with Crippen LogP contribution in [0.1, 0.15) is 26.2 Å². The predicted molar refractivity (Wildman–Crippen MR) is 49.6 cm³/mol. The van der Waals surface area contributed by atoms with Crippen molar-refractivity contribution in [3.63, 3.8) is 0 Å². The Morgan fingerprint density at radius 1 is 1.38 bits per heavy atom. The fourth-order valence-electron chi connectivity index (χ4n) is 1.91. The molecule has 0 radical (unpaired) electrons. The van der Waals surface area contributed by atoms with E-state index in [-0.39, 0.29) is 18.1 Å². The molecule has 3 unspecified atom stereocenters. The zero-order valence-electron chi connectivity index (χ0n) is 8.36. The molecule has 1 rings (SSSR count). The Labute approximate surface area is 79.4 Å². The van der Waals surface area contributed by atoms with Crippen molar-refractivity contribution in [1.29, 1.82) is 0 Å². The summed E-state index contributed by atoms with van der Waals surface area (Å²) in [6.45, 7) is 2.66. The molecular weight excluding hydrogens is 168 g/mol. The molecule has 3 atom stereocenters. The van der Waals surface area contributed by atoms with Crippen LogP contribution in [0.25, 0.3) is 0 Å². The SMILES string of the molecule is CCOC1CC(C=O)CCC1OC. The summed E-state index contributed by atoms with van der Waals surface area (Å²) in [6.07, 6.45) is 4.01. The number of hydrogen-bond acceptors (Lipinski definition) is 3. The Hall–Kier alpha value is -0.410. The molecular formula is C10H18O3. The summed E-state index contributed by atoms with van der Waals surface area (Å²) >= 11 is 0. The van der Waals surface area contributed by atoms with Crippen LogP contribution in [0.3, 0.4) is 0 Å². The van der Waals surface area contributed by atoms with Gasteiger partial charge in [-0.2, -0.15) is 0 Å². The van der Waals surface area contributed by atoms with E-state index < -0.39 is 0 Å². The van der Waals surface area contributed by atoms with Gasteiger partial charge in [0, 0.05) is 19.6 Å². The normalized spacial score (nSPS) is 34.5. The minimum atomic E-state index is 0.110. The summed E-state index contributed by atoms with van der Waals surface area (Å²) in [6, 6.07) is 0. The van der Waals surface area contributed by atoms with Crippen LogP contribution in [0.5, 0.6) is 0 Å². The Morgan fingerprint density at radius 2 is 2.15 bits per heavy atom. The number of aldehydes is 1. The number of carbonyl (C=O) groups is 1. The van der Waals surface area contributed by atoms with Crippen LogP contribution >= 0.6 is 0 Å². The smallest absolute Gasteiger partial charge is 0.123 e. The van der Waals surface area contributed by atoms with Crippen LogP contribution in [0.4, 0.5) is 0 Å². The standard InChI is InChI=1S/C10H18O3/c1-3-13-10-6-8(7-11)4-5-9(10)12-2/h7-10H,3-6H2,1-2H3. The Morgan fingerprint density at radius 3 is 2.69 bits per heavy atom. The summed E-state index contributed by atoms with van der Waals surface area (Å²) < 4.78 is 10.8. The highest BCUT2D eigenvalue weighted by molar-refractivity contribution is 5.53. The first-order valence-corrected chi connectivity index (χ1v) is 4.91. The van der Waals surface area contributed by atoms with Gasteiger partial charge >= 0.3 is 0 Å². The van der Waals surface area contributed by atoms with Crippen molar-refractivity contribution in [2.24, 2.45) is 5.92 Å². The van der Waals surface area contributed by atoms with Gasteiger partial charge in [0.25, 0.3) is 0 Å².